The van der Waals surface area contributed by atoms with Crippen LogP contribution in [0, 0.1) is 5.92 Å². The molecule has 1 aliphatic rings. The molecule has 0 heterocycles. The topological polar surface area (TPSA) is 46.5 Å². The second-order valence-corrected chi connectivity index (χ2v) is 6.43. The van der Waals surface area contributed by atoms with Gasteiger partial charge in [0.2, 0.25) is 0 Å². The second kappa shape index (κ2) is 8.82. The first-order chi connectivity index (χ1) is 10.7. The number of ether oxygens (including phenoxy) is 1. The van der Waals surface area contributed by atoms with Gasteiger partial charge in [-0.2, -0.15) is 0 Å². The highest BCUT2D eigenvalue weighted by molar-refractivity contribution is 5.78. The Hall–Kier alpha value is -1.51. The fourth-order valence-electron chi connectivity index (χ4n) is 3.31. The number of rotatable bonds is 4. The van der Waals surface area contributed by atoms with Crippen molar-refractivity contribution in [3.8, 4) is 11.5 Å². The maximum absolute atomic E-state index is 11.5. The summed E-state index contributed by atoms with van der Waals surface area (Å²) in [5.74, 6) is 2.20. The van der Waals surface area contributed by atoms with E-state index in [1.54, 1.807) is 13.2 Å². The summed E-state index contributed by atoms with van der Waals surface area (Å²) in [6.45, 7) is 0. The number of carbonyl (C=O) groups excluding carboxylic acids is 1. The molecule has 0 spiro atoms. The van der Waals surface area contributed by atoms with Crippen LogP contribution in [0.4, 0.5) is 0 Å². The number of aryl methyl sites for hydroxylation is 1. The molecule has 0 saturated heterocycles. The molecule has 0 amide bonds. The standard InChI is InChI=1S/C19H28O3/c1-22-18-13-12-16(19(21)14-18)11-10-15-6-2-4-8-17(20)9-5-3-7-15/h12-15,21H,2-11H2,1H3. The highest BCUT2D eigenvalue weighted by Gasteiger charge is 2.13. The number of methoxy groups -OCH3 is 1. The number of phenolic OH excluding ortho intramolecular Hbond substituents is 1. The van der Waals surface area contributed by atoms with Gasteiger partial charge in [-0.05, 0) is 43.2 Å². The fraction of sp³-hybridized carbons (Fsp3) is 0.632. The van der Waals surface area contributed by atoms with E-state index in [2.05, 4.69) is 0 Å². The molecule has 3 heteroatoms. The molecule has 1 aliphatic carbocycles. The minimum atomic E-state index is 0.338. The summed E-state index contributed by atoms with van der Waals surface area (Å²) in [5, 5.41) is 10.0. The van der Waals surface area contributed by atoms with Crippen molar-refractivity contribution in [2.24, 2.45) is 5.92 Å². The van der Waals surface area contributed by atoms with Gasteiger partial charge in [-0.25, -0.2) is 0 Å². The Bertz CT molecular complexity index is 468. The number of ketones is 1. The quantitative estimate of drug-likeness (QED) is 0.880. The molecular weight excluding hydrogens is 276 g/mol. The molecular formula is C19H28O3. The third-order valence-corrected chi connectivity index (χ3v) is 4.75. The van der Waals surface area contributed by atoms with Gasteiger partial charge in [0.15, 0.2) is 0 Å². The van der Waals surface area contributed by atoms with Crippen molar-refractivity contribution in [3.05, 3.63) is 23.8 Å². The summed E-state index contributed by atoms with van der Waals surface area (Å²) < 4.78 is 5.12. The van der Waals surface area contributed by atoms with Crippen LogP contribution in [0.5, 0.6) is 11.5 Å². The first kappa shape index (κ1) is 16.9. The third-order valence-electron chi connectivity index (χ3n) is 4.75. The molecule has 122 valence electrons. The predicted molar refractivity (Wildman–Crippen MR) is 88.4 cm³/mol. The van der Waals surface area contributed by atoms with Crippen LogP contribution in [0.25, 0.3) is 0 Å². The molecule has 22 heavy (non-hydrogen) atoms. The lowest BCUT2D eigenvalue weighted by molar-refractivity contribution is -0.119. The van der Waals surface area contributed by atoms with E-state index in [4.69, 9.17) is 4.74 Å². The SMILES string of the molecule is COc1ccc(CCC2CCCCC(=O)CCCC2)c(O)c1. The Morgan fingerprint density at radius 1 is 1.14 bits per heavy atom. The van der Waals surface area contributed by atoms with Gasteiger partial charge in [0, 0.05) is 18.9 Å². The van der Waals surface area contributed by atoms with Crippen molar-refractivity contribution in [1.29, 1.82) is 0 Å². The smallest absolute Gasteiger partial charge is 0.132 e. The summed E-state index contributed by atoms with van der Waals surface area (Å²) in [5.41, 5.74) is 1.01. The van der Waals surface area contributed by atoms with E-state index in [1.807, 2.05) is 12.1 Å². The zero-order valence-electron chi connectivity index (χ0n) is 13.6. The molecule has 1 aromatic rings. The lowest BCUT2D eigenvalue weighted by atomic mass is 9.87. The summed E-state index contributed by atoms with van der Waals surface area (Å²) in [7, 11) is 1.61. The summed E-state index contributed by atoms with van der Waals surface area (Å²) in [6, 6.07) is 5.56. The molecule has 0 aromatic heterocycles. The molecule has 0 aliphatic heterocycles. The van der Waals surface area contributed by atoms with Crippen LogP contribution in [0.2, 0.25) is 0 Å². The van der Waals surface area contributed by atoms with Crippen molar-refractivity contribution in [1.82, 2.24) is 0 Å². The van der Waals surface area contributed by atoms with Crippen molar-refractivity contribution < 1.29 is 14.6 Å². The minimum Gasteiger partial charge on any atom is -0.508 e. The summed E-state index contributed by atoms with van der Waals surface area (Å²) in [4.78, 5) is 11.5. The van der Waals surface area contributed by atoms with E-state index in [0.717, 1.165) is 62.8 Å². The molecule has 0 unspecified atom stereocenters. The maximum atomic E-state index is 11.5. The Morgan fingerprint density at radius 3 is 2.41 bits per heavy atom. The zero-order valence-corrected chi connectivity index (χ0v) is 13.6. The maximum Gasteiger partial charge on any atom is 0.132 e. The van der Waals surface area contributed by atoms with Gasteiger partial charge in [-0.1, -0.05) is 31.7 Å². The molecule has 0 atom stereocenters. The van der Waals surface area contributed by atoms with Crippen molar-refractivity contribution >= 4 is 5.78 Å². The molecule has 3 nitrogen and oxygen atoms in total. The number of phenols is 1. The summed E-state index contributed by atoms with van der Waals surface area (Å²) >= 11 is 0. The van der Waals surface area contributed by atoms with Crippen molar-refractivity contribution in [2.45, 2.75) is 64.2 Å². The lowest BCUT2D eigenvalue weighted by Crippen LogP contribution is -2.07. The van der Waals surface area contributed by atoms with Gasteiger partial charge >= 0.3 is 0 Å². The van der Waals surface area contributed by atoms with Crippen molar-refractivity contribution in [2.75, 3.05) is 7.11 Å². The Morgan fingerprint density at radius 2 is 1.82 bits per heavy atom. The van der Waals surface area contributed by atoms with Crippen LogP contribution in [0.1, 0.15) is 63.4 Å². The van der Waals surface area contributed by atoms with E-state index >= 15 is 0 Å². The Kier molecular flexibility index (Phi) is 6.75. The van der Waals surface area contributed by atoms with E-state index in [0.29, 0.717) is 17.3 Å². The van der Waals surface area contributed by atoms with Gasteiger partial charge in [0.25, 0.3) is 0 Å². The molecule has 0 radical (unpaired) electrons. The lowest BCUT2D eigenvalue weighted by Gasteiger charge is -2.18. The normalized spacial score (nSPS) is 18.1. The van der Waals surface area contributed by atoms with Crippen LogP contribution in [0.15, 0.2) is 18.2 Å². The van der Waals surface area contributed by atoms with Gasteiger partial charge in [-0.15, -0.1) is 0 Å². The van der Waals surface area contributed by atoms with Gasteiger partial charge in [0.1, 0.15) is 17.3 Å². The molecule has 0 bridgehead atoms. The summed E-state index contributed by atoms with van der Waals surface area (Å²) in [6.07, 6.45) is 10.4. The first-order valence-electron chi connectivity index (χ1n) is 8.56. The second-order valence-electron chi connectivity index (χ2n) is 6.43. The largest absolute Gasteiger partial charge is 0.508 e. The molecule has 1 saturated carbocycles. The number of hydrogen-bond acceptors (Lipinski definition) is 3. The number of Topliss-reactive ketones (excluding diaryl/α,β-unsaturated/α-hetero) is 1. The fourth-order valence-corrected chi connectivity index (χ4v) is 3.31. The van der Waals surface area contributed by atoms with E-state index in [1.165, 1.54) is 12.8 Å². The van der Waals surface area contributed by atoms with Crippen molar-refractivity contribution in [3.63, 3.8) is 0 Å². The van der Waals surface area contributed by atoms with Crippen LogP contribution >= 0.6 is 0 Å². The van der Waals surface area contributed by atoms with Crippen LogP contribution in [-0.4, -0.2) is 18.0 Å². The third kappa shape index (κ3) is 5.36. The van der Waals surface area contributed by atoms with Crippen LogP contribution in [0.3, 0.4) is 0 Å². The zero-order chi connectivity index (χ0) is 15.8. The van der Waals surface area contributed by atoms with Crippen LogP contribution in [-0.2, 0) is 11.2 Å². The molecule has 1 fully saturated rings. The van der Waals surface area contributed by atoms with Gasteiger partial charge in [0.05, 0.1) is 7.11 Å². The molecule has 1 aromatic carbocycles. The number of hydrogen-bond donors (Lipinski definition) is 1. The Balaban J connectivity index is 1.85. The monoisotopic (exact) mass is 304 g/mol. The highest BCUT2D eigenvalue weighted by atomic mass is 16.5. The van der Waals surface area contributed by atoms with Gasteiger partial charge in [-0.3, -0.25) is 4.79 Å². The van der Waals surface area contributed by atoms with Gasteiger partial charge < -0.3 is 9.84 Å². The van der Waals surface area contributed by atoms with Crippen LogP contribution < -0.4 is 4.74 Å². The highest BCUT2D eigenvalue weighted by Crippen LogP contribution is 2.28. The van der Waals surface area contributed by atoms with E-state index < -0.39 is 0 Å². The predicted octanol–water partition coefficient (Wildman–Crippen LogP) is 4.65. The average molecular weight is 304 g/mol. The molecule has 2 rings (SSSR count). The average Bonchev–Trinajstić information content (AvgIpc) is 2.53. The minimum absolute atomic E-state index is 0.338. The first-order valence-corrected chi connectivity index (χ1v) is 8.56. The number of aromatic hydroxyl groups is 1. The Labute approximate surface area is 133 Å². The number of carbonyl (C=O) groups is 1. The van der Waals surface area contributed by atoms with E-state index in [-0.39, 0.29) is 0 Å². The van der Waals surface area contributed by atoms with E-state index in [9.17, 15) is 9.90 Å². The molecule has 1 N–H and O–H groups in total. The number of benzene rings is 1.